The highest BCUT2D eigenvalue weighted by Gasteiger charge is 2.22. The number of carbonyl (C=O) groups excluding carboxylic acids is 1. The number of rotatable bonds is 4. The Kier molecular flexibility index (Phi) is 5.07. The van der Waals surface area contributed by atoms with Crippen LogP contribution in [0.5, 0.6) is 0 Å². The Morgan fingerprint density at radius 1 is 1.31 bits per heavy atom. The van der Waals surface area contributed by atoms with E-state index in [-0.39, 0.29) is 21.3 Å². The van der Waals surface area contributed by atoms with Gasteiger partial charge in [0.05, 0.1) is 11.4 Å². The second-order valence-electron chi connectivity index (χ2n) is 5.45. The molecule has 1 amide bonds. The van der Waals surface area contributed by atoms with Crippen molar-refractivity contribution in [1.82, 2.24) is 4.98 Å². The van der Waals surface area contributed by atoms with Gasteiger partial charge in [-0.1, -0.05) is 29.3 Å². The summed E-state index contributed by atoms with van der Waals surface area (Å²) in [4.78, 5) is 16.7. The maximum absolute atomic E-state index is 12.6. The second-order valence-corrected chi connectivity index (χ2v) is 6.83. The maximum atomic E-state index is 12.6. The van der Waals surface area contributed by atoms with Gasteiger partial charge >= 0.3 is 0 Å². The molecule has 1 aromatic carbocycles. The quantitative estimate of drug-likeness (QED) is 0.573. The minimum atomic E-state index is -0.448. The van der Waals surface area contributed by atoms with Crippen LogP contribution in [0.2, 0.25) is 5.15 Å². The number of nitrogens with one attached hydrogen (secondary N) is 2. The Morgan fingerprint density at radius 2 is 2.04 bits per heavy atom. The molecule has 0 aliphatic heterocycles. The van der Waals surface area contributed by atoms with Crippen LogP contribution in [0.15, 0.2) is 42.6 Å². The Labute approximate surface area is 159 Å². The van der Waals surface area contributed by atoms with Gasteiger partial charge < -0.3 is 16.4 Å². The van der Waals surface area contributed by atoms with Gasteiger partial charge in [-0.25, -0.2) is 4.98 Å². The number of halogens is 1. The molecule has 0 saturated heterocycles. The fraction of sp³-hybridized carbons (Fsp3) is 0.0556. The first-order valence-corrected chi connectivity index (χ1v) is 8.77. The molecule has 2 heterocycles. The van der Waals surface area contributed by atoms with Crippen molar-refractivity contribution < 1.29 is 4.79 Å². The van der Waals surface area contributed by atoms with Gasteiger partial charge in [0.25, 0.3) is 5.91 Å². The summed E-state index contributed by atoms with van der Waals surface area (Å²) in [6, 6.07) is 13.0. The Morgan fingerprint density at radius 3 is 2.69 bits per heavy atom. The molecule has 0 saturated carbocycles. The molecule has 0 fully saturated rings. The molecule has 0 radical (unpaired) electrons. The van der Waals surface area contributed by atoms with Crippen molar-refractivity contribution in [3.05, 3.63) is 63.8 Å². The minimum Gasteiger partial charge on any atom is -0.396 e. The maximum Gasteiger partial charge on any atom is 0.268 e. The summed E-state index contributed by atoms with van der Waals surface area (Å²) in [7, 11) is 0. The Bertz CT molecular complexity index is 1010. The lowest BCUT2D eigenvalue weighted by atomic mass is 10.2. The molecular weight excluding hydrogens is 370 g/mol. The summed E-state index contributed by atoms with van der Waals surface area (Å²) >= 11 is 7.07. The van der Waals surface area contributed by atoms with Gasteiger partial charge in [-0.05, 0) is 31.2 Å². The molecule has 0 bridgehead atoms. The number of aryl methyl sites for hydroxylation is 1. The van der Waals surface area contributed by atoms with Crippen LogP contribution < -0.4 is 16.4 Å². The van der Waals surface area contributed by atoms with Crippen LogP contribution in [-0.4, -0.2) is 10.9 Å². The zero-order chi connectivity index (χ0) is 18.7. The number of nitrogens with two attached hydrogens (primary N) is 1. The van der Waals surface area contributed by atoms with Gasteiger partial charge in [0.15, 0.2) is 5.15 Å². The summed E-state index contributed by atoms with van der Waals surface area (Å²) < 4.78 is 0. The Balaban J connectivity index is 1.90. The van der Waals surface area contributed by atoms with Crippen molar-refractivity contribution >= 4 is 50.9 Å². The van der Waals surface area contributed by atoms with Gasteiger partial charge in [-0.2, -0.15) is 5.26 Å². The molecule has 26 heavy (non-hydrogen) atoms. The molecule has 130 valence electrons. The van der Waals surface area contributed by atoms with Gasteiger partial charge in [-0.3, -0.25) is 4.79 Å². The summed E-state index contributed by atoms with van der Waals surface area (Å²) in [6.45, 7) is 1.99. The van der Waals surface area contributed by atoms with Crippen LogP contribution >= 0.6 is 22.9 Å². The summed E-state index contributed by atoms with van der Waals surface area (Å²) in [5.41, 5.74) is 8.68. The van der Waals surface area contributed by atoms with Crippen molar-refractivity contribution in [3.63, 3.8) is 0 Å². The number of anilines is 4. The molecule has 6 nitrogen and oxygen atoms in total. The molecule has 0 spiro atoms. The largest absolute Gasteiger partial charge is 0.396 e. The van der Waals surface area contributed by atoms with Crippen molar-refractivity contribution in [1.29, 1.82) is 5.26 Å². The molecule has 4 N–H and O–H groups in total. The van der Waals surface area contributed by atoms with Gasteiger partial charge in [0.1, 0.15) is 21.5 Å². The molecule has 0 unspecified atom stereocenters. The van der Waals surface area contributed by atoms with E-state index < -0.39 is 5.91 Å². The van der Waals surface area contributed by atoms with E-state index in [1.54, 1.807) is 12.1 Å². The number of thiophene rings is 1. The highest BCUT2D eigenvalue weighted by molar-refractivity contribution is 7.19. The van der Waals surface area contributed by atoms with Gasteiger partial charge in [0, 0.05) is 11.9 Å². The molecule has 3 rings (SSSR count). The third-order valence-electron chi connectivity index (χ3n) is 3.58. The summed E-state index contributed by atoms with van der Waals surface area (Å²) in [5.74, 6) is -0.448. The van der Waals surface area contributed by atoms with E-state index in [1.807, 2.05) is 31.2 Å². The number of carbonyl (C=O) groups is 1. The lowest BCUT2D eigenvalue weighted by molar-refractivity contribution is 0.103. The number of amides is 1. The average molecular weight is 384 g/mol. The van der Waals surface area contributed by atoms with E-state index in [4.69, 9.17) is 17.3 Å². The van der Waals surface area contributed by atoms with E-state index in [0.717, 1.165) is 22.6 Å². The number of hydrogen-bond donors (Lipinski definition) is 3. The van der Waals surface area contributed by atoms with Crippen LogP contribution in [-0.2, 0) is 0 Å². The zero-order valence-electron chi connectivity index (χ0n) is 13.7. The summed E-state index contributed by atoms with van der Waals surface area (Å²) in [6.07, 6.45) is 1.52. The van der Waals surface area contributed by atoms with Crippen LogP contribution in [0.3, 0.4) is 0 Å². The fourth-order valence-electron chi connectivity index (χ4n) is 2.24. The number of benzene rings is 1. The van der Waals surface area contributed by atoms with Crippen LogP contribution in [0, 0.1) is 18.3 Å². The molecule has 2 aromatic heterocycles. The normalized spacial score (nSPS) is 10.2. The fourth-order valence-corrected chi connectivity index (χ4v) is 3.39. The van der Waals surface area contributed by atoms with E-state index in [9.17, 15) is 10.1 Å². The molecular formula is C18H14ClN5OS. The zero-order valence-corrected chi connectivity index (χ0v) is 15.3. The van der Waals surface area contributed by atoms with Gasteiger partial charge in [0.2, 0.25) is 0 Å². The first-order chi connectivity index (χ1) is 12.5. The molecule has 8 heteroatoms. The number of pyridine rings is 1. The van der Waals surface area contributed by atoms with Crippen LogP contribution in [0.4, 0.5) is 22.1 Å². The van der Waals surface area contributed by atoms with Crippen molar-refractivity contribution in [2.24, 2.45) is 0 Å². The van der Waals surface area contributed by atoms with Crippen molar-refractivity contribution in [2.45, 2.75) is 6.92 Å². The van der Waals surface area contributed by atoms with Crippen molar-refractivity contribution in [2.75, 3.05) is 16.4 Å². The van der Waals surface area contributed by atoms with Crippen LogP contribution in [0.1, 0.15) is 20.8 Å². The second kappa shape index (κ2) is 7.44. The number of aromatic nitrogens is 1. The smallest absolute Gasteiger partial charge is 0.268 e. The highest BCUT2D eigenvalue weighted by atomic mass is 35.5. The summed E-state index contributed by atoms with van der Waals surface area (Å²) in [5, 5.41) is 15.9. The van der Waals surface area contributed by atoms with Crippen molar-refractivity contribution in [3.8, 4) is 6.07 Å². The number of hydrogen-bond acceptors (Lipinski definition) is 6. The molecule has 0 aliphatic carbocycles. The van der Waals surface area contributed by atoms with E-state index >= 15 is 0 Å². The highest BCUT2D eigenvalue weighted by Crippen LogP contribution is 2.37. The number of nitrogens with zero attached hydrogens (tertiary/aromatic N) is 2. The first kappa shape index (κ1) is 17.7. The van der Waals surface area contributed by atoms with E-state index in [1.165, 1.54) is 6.20 Å². The molecule has 0 aliphatic rings. The third-order valence-corrected chi connectivity index (χ3v) is 5.00. The SMILES string of the molecule is Cc1ccc(Nc2sc(C(=O)Nc3cccnc3Cl)c(N)c2C#N)cc1. The van der Waals surface area contributed by atoms with E-state index in [2.05, 4.69) is 21.7 Å². The lowest BCUT2D eigenvalue weighted by Crippen LogP contribution is -2.12. The Hall–Kier alpha value is -3.08. The predicted molar refractivity (Wildman–Crippen MR) is 105 cm³/mol. The monoisotopic (exact) mass is 383 g/mol. The van der Waals surface area contributed by atoms with Crippen LogP contribution in [0.25, 0.3) is 0 Å². The third kappa shape index (κ3) is 3.61. The average Bonchev–Trinajstić information content (AvgIpc) is 2.94. The minimum absolute atomic E-state index is 0.129. The first-order valence-electron chi connectivity index (χ1n) is 7.57. The number of nitrogen functional groups attached to an aromatic ring is 1. The molecule has 3 aromatic rings. The van der Waals surface area contributed by atoms with E-state index in [0.29, 0.717) is 10.7 Å². The molecule has 0 atom stereocenters. The van der Waals surface area contributed by atoms with Gasteiger partial charge in [-0.15, -0.1) is 11.3 Å². The standard InChI is InChI=1S/C18H14ClN5OS/c1-10-4-6-11(7-5-10)23-18-12(9-20)14(21)15(26-18)17(25)24-13-3-2-8-22-16(13)19/h2-8,23H,21H2,1H3,(H,24,25). The number of nitriles is 1. The lowest BCUT2D eigenvalue weighted by Gasteiger charge is -2.05. The topological polar surface area (TPSA) is 104 Å². The predicted octanol–water partition coefficient (Wildman–Crippen LogP) is 4.55.